The number of Topliss-reactive ketones (excluding diaryl/α,β-unsaturated/α-hetero) is 1. The van der Waals surface area contributed by atoms with Gasteiger partial charge in [0.2, 0.25) is 5.91 Å². The number of hydrogen-bond donors (Lipinski definition) is 2. The second-order valence-corrected chi connectivity index (χ2v) is 6.42. The van der Waals surface area contributed by atoms with Gasteiger partial charge >= 0.3 is 6.18 Å². The molecule has 1 aromatic heterocycles. The smallest absolute Gasteiger partial charge is 0.351 e. The van der Waals surface area contributed by atoms with E-state index in [9.17, 15) is 22.8 Å². The second kappa shape index (κ2) is 7.87. The van der Waals surface area contributed by atoms with Crippen LogP contribution in [0.4, 0.5) is 13.2 Å². The van der Waals surface area contributed by atoms with Gasteiger partial charge in [0.1, 0.15) is 0 Å². The SMILES string of the molecule is O=C(c1cccc(C(F)(F)F)c1)C1CNC(C(=O)NCc2cccnc2)C1. The van der Waals surface area contributed by atoms with Crippen LogP contribution in [0.1, 0.15) is 27.9 Å². The molecule has 1 fully saturated rings. The summed E-state index contributed by atoms with van der Waals surface area (Å²) in [5.41, 5.74) is -0.00134. The third-order valence-corrected chi connectivity index (χ3v) is 4.48. The number of pyridine rings is 1. The maximum absolute atomic E-state index is 12.8. The van der Waals surface area contributed by atoms with Crippen LogP contribution in [0.25, 0.3) is 0 Å². The molecule has 27 heavy (non-hydrogen) atoms. The Morgan fingerprint density at radius 1 is 1.22 bits per heavy atom. The van der Waals surface area contributed by atoms with E-state index < -0.39 is 29.5 Å². The Hall–Kier alpha value is -2.74. The standard InChI is InChI=1S/C19H18F3N3O2/c20-19(21,22)15-5-1-4-13(7-15)17(26)14-8-16(24-11-14)18(27)25-10-12-3-2-6-23-9-12/h1-7,9,14,16,24H,8,10-11H2,(H,25,27). The number of carbonyl (C=O) groups is 2. The minimum Gasteiger partial charge on any atom is -0.351 e. The average Bonchev–Trinajstić information content (AvgIpc) is 3.16. The highest BCUT2D eigenvalue weighted by Crippen LogP contribution is 2.30. The number of hydrogen-bond acceptors (Lipinski definition) is 4. The summed E-state index contributed by atoms with van der Waals surface area (Å²) in [7, 11) is 0. The molecule has 0 spiro atoms. The molecule has 1 aliphatic rings. The maximum Gasteiger partial charge on any atom is 0.416 e. The Morgan fingerprint density at radius 2 is 2.04 bits per heavy atom. The van der Waals surface area contributed by atoms with E-state index in [0.29, 0.717) is 6.54 Å². The van der Waals surface area contributed by atoms with Gasteiger partial charge in [-0.3, -0.25) is 14.6 Å². The lowest BCUT2D eigenvalue weighted by atomic mass is 9.94. The van der Waals surface area contributed by atoms with E-state index in [2.05, 4.69) is 15.6 Å². The van der Waals surface area contributed by atoms with E-state index in [1.54, 1.807) is 18.5 Å². The zero-order valence-corrected chi connectivity index (χ0v) is 14.3. The monoisotopic (exact) mass is 377 g/mol. The van der Waals surface area contributed by atoms with Gasteiger partial charge < -0.3 is 10.6 Å². The van der Waals surface area contributed by atoms with Crippen molar-refractivity contribution in [2.24, 2.45) is 5.92 Å². The van der Waals surface area contributed by atoms with Crippen molar-refractivity contribution in [3.63, 3.8) is 0 Å². The van der Waals surface area contributed by atoms with Gasteiger partial charge in [-0.15, -0.1) is 0 Å². The number of rotatable bonds is 5. The minimum atomic E-state index is -4.50. The summed E-state index contributed by atoms with van der Waals surface area (Å²) in [6.07, 6.45) is -0.983. The lowest BCUT2D eigenvalue weighted by molar-refractivity contribution is -0.137. The van der Waals surface area contributed by atoms with Gasteiger partial charge in [-0.05, 0) is 30.2 Å². The molecule has 2 atom stereocenters. The molecule has 8 heteroatoms. The van der Waals surface area contributed by atoms with Crippen molar-refractivity contribution in [2.45, 2.75) is 25.2 Å². The lowest BCUT2D eigenvalue weighted by Gasteiger charge is -2.12. The molecule has 1 amide bonds. The van der Waals surface area contributed by atoms with Gasteiger partial charge in [-0.25, -0.2) is 0 Å². The molecule has 2 unspecified atom stereocenters. The normalized spacial score (nSPS) is 19.7. The third kappa shape index (κ3) is 4.71. The fourth-order valence-electron chi connectivity index (χ4n) is 3.03. The molecule has 0 radical (unpaired) electrons. The number of halogens is 3. The van der Waals surface area contributed by atoms with Gasteiger partial charge in [0, 0.05) is 37.0 Å². The molecule has 0 saturated carbocycles. The van der Waals surface area contributed by atoms with Crippen molar-refractivity contribution in [1.29, 1.82) is 0 Å². The van der Waals surface area contributed by atoms with Gasteiger partial charge in [-0.1, -0.05) is 18.2 Å². The number of benzene rings is 1. The van der Waals surface area contributed by atoms with Crippen molar-refractivity contribution in [1.82, 2.24) is 15.6 Å². The van der Waals surface area contributed by atoms with Crippen molar-refractivity contribution >= 4 is 11.7 Å². The van der Waals surface area contributed by atoms with Crippen LogP contribution in [0.15, 0.2) is 48.8 Å². The highest BCUT2D eigenvalue weighted by molar-refractivity contribution is 5.99. The Balaban J connectivity index is 1.59. The number of carbonyl (C=O) groups excluding carboxylic acids is 2. The molecule has 1 aromatic carbocycles. The molecule has 1 aliphatic heterocycles. The summed E-state index contributed by atoms with van der Waals surface area (Å²) in [4.78, 5) is 28.7. The summed E-state index contributed by atoms with van der Waals surface area (Å²) >= 11 is 0. The fourth-order valence-corrected chi connectivity index (χ4v) is 3.03. The molecule has 0 aliphatic carbocycles. The Morgan fingerprint density at radius 3 is 2.74 bits per heavy atom. The topological polar surface area (TPSA) is 71.1 Å². The molecule has 2 heterocycles. The zero-order valence-electron chi connectivity index (χ0n) is 14.3. The summed E-state index contributed by atoms with van der Waals surface area (Å²) < 4.78 is 38.5. The quantitative estimate of drug-likeness (QED) is 0.786. The highest BCUT2D eigenvalue weighted by atomic mass is 19.4. The van der Waals surface area contributed by atoms with Crippen LogP contribution >= 0.6 is 0 Å². The van der Waals surface area contributed by atoms with E-state index in [1.807, 2.05) is 6.07 Å². The van der Waals surface area contributed by atoms with Gasteiger partial charge in [-0.2, -0.15) is 13.2 Å². The zero-order chi connectivity index (χ0) is 19.4. The number of amides is 1. The third-order valence-electron chi connectivity index (χ3n) is 4.48. The van der Waals surface area contributed by atoms with Gasteiger partial charge in [0.05, 0.1) is 11.6 Å². The molecular weight excluding hydrogens is 359 g/mol. The van der Waals surface area contributed by atoms with Crippen LogP contribution in [0.3, 0.4) is 0 Å². The van der Waals surface area contributed by atoms with Crippen molar-refractivity contribution in [3.05, 3.63) is 65.5 Å². The van der Waals surface area contributed by atoms with Crippen molar-refractivity contribution in [3.8, 4) is 0 Å². The van der Waals surface area contributed by atoms with Crippen molar-refractivity contribution < 1.29 is 22.8 Å². The molecule has 5 nitrogen and oxygen atoms in total. The van der Waals surface area contributed by atoms with E-state index in [1.165, 1.54) is 12.1 Å². The summed E-state index contributed by atoms with van der Waals surface area (Å²) in [5, 5.41) is 5.74. The first-order valence-electron chi connectivity index (χ1n) is 8.46. The minimum absolute atomic E-state index is 0.00745. The molecule has 0 bridgehead atoms. The Bertz CT molecular complexity index is 824. The molecule has 2 aromatic rings. The lowest BCUT2D eigenvalue weighted by Crippen LogP contribution is -2.40. The Labute approximate surface area is 154 Å². The van der Waals surface area contributed by atoms with Crippen LogP contribution in [0.2, 0.25) is 0 Å². The number of ketones is 1. The number of aromatic nitrogens is 1. The summed E-state index contributed by atoms with van der Waals surface area (Å²) in [6.45, 7) is 0.567. The van der Waals surface area contributed by atoms with E-state index in [0.717, 1.165) is 17.7 Å². The number of alkyl halides is 3. The van der Waals surface area contributed by atoms with Crippen LogP contribution in [0, 0.1) is 5.92 Å². The van der Waals surface area contributed by atoms with Gasteiger partial charge in [0.15, 0.2) is 5.78 Å². The molecule has 142 valence electrons. The second-order valence-electron chi connectivity index (χ2n) is 6.42. The highest BCUT2D eigenvalue weighted by Gasteiger charge is 2.35. The predicted molar refractivity (Wildman–Crippen MR) is 91.8 cm³/mol. The first-order chi connectivity index (χ1) is 12.8. The van der Waals surface area contributed by atoms with E-state index in [4.69, 9.17) is 0 Å². The largest absolute Gasteiger partial charge is 0.416 e. The first-order valence-corrected chi connectivity index (χ1v) is 8.46. The molecular formula is C19H18F3N3O2. The first kappa shape index (κ1) is 19.0. The van der Waals surface area contributed by atoms with Gasteiger partial charge in [0.25, 0.3) is 0 Å². The molecule has 2 N–H and O–H groups in total. The van der Waals surface area contributed by atoms with Crippen LogP contribution in [0.5, 0.6) is 0 Å². The molecule has 1 saturated heterocycles. The van der Waals surface area contributed by atoms with Crippen LogP contribution < -0.4 is 10.6 Å². The summed E-state index contributed by atoms with van der Waals surface area (Å²) in [5.74, 6) is -1.18. The van der Waals surface area contributed by atoms with E-state index >= 15 is 0 Å². The number of nitrogens with zero attached hydrogens (tertiary/aromatic N) is 1. The van der Waals surface area contributed by atoms with Crippen LogP contribution in [-0.2, 0) is 17.5 Å². The number of nitrogens with one attached hydrogen (secondary N) is 2. The fraction of sp³-hybridized carbons (Fsp3) is 0.316. The predicted octanol–water partition coefficient (Wildman–Crippen LogP) is 2.58. The van der Waals surface area contributed by atoms with E-state index in [-0.39, 0.29) is 24.4 Å². The maximum atomic E-state index is 12.8. The molecule has 3 rings (SSSR count). The summed E-state index contributed by atoms with van der Waals surface area (Å²) in [6, 6.07) is 7.41. The van der Waals surface area contributed by atoms with Crippen LogP contribution in [-0.4, -0.2) is 29.3 Å². The Kier molecular flexibility index (Phi) is 5.55. The average molecular weight is 377 g/mol. The van der Waals surface area contributed by atoms with Crippen molar-refractivity contribution in [2.75, 3.05) is 6.54 Å².